The highest BCUT2D eigenvalue weighted by atomic mass is 32.2. The van der Waals surface area contributed by atoms with E-state index in [-0.39, 0.29) is 0 Å². The first-order chi connectivity index (χ1) is 12.0. The highest BCUT2D eigenvalue weighted by Crippen LogP contribution is 2.24. The number of nitrogen functional groups attached to an aromatic ring is 1. The van der Waals surface area contributed by atoms with Crippen molar-refractivity contribution in [3.8, 4) is 6.07 Å². The molecule has 3 N–H and O–H groups in total. The van der Waals surface area contributed by atoms with Crippen molar-refractivity contribution < 1.29 is 14.3 Å². The smallest absolute Gasteiger partial charge is 0.338 e. The van der Waals surface area contributed by atoms with Gasteiger partial charge in [-0.1, -0.05) is 12.1 Å². The van der Waals surface area contributed by atoms with Gasteiger partial charge in [0.1, 0.15) is 6.07 Å². The normalized spacial score (nSPS) is 11.2. The summed E-state index contributed by atoms with van der Waals surface area (Å²) >= 11 is 1.42. The molecule has 0 heterocycles. The molecule has 0 saturated heterocycles. The average molecular weight is 355 g/mol. The number of ether oxygens (including phenoxy) is 1. The van der Waals surface area contributed by atoms with E-state index in [1.54, 1.807) is 42.5 Å². The van der Waals surface area contributed by atoms with Gasteiger partial charge in [0.05, 0.1) is 16.8 Å². The minimum Gasteiger partial charge on any atom is -0.449 e. The second-order valence-corrected chi connectivity index (χ2v) is 6.00. The molecule has 1 atom stereocenters. The summed E-state index contributed by atoms with van der Waals surface area (Å²) in [6.45, 7) is 1.47. The second-order valence-electron chi connectivity index (χ2n) is 5.15. The Labute approximate surface area is 150 Å². The molecule has 128 valence electrons. The fraction of sp³-hybridized carbons (Fsp3) is 0.167. The van der Waals surface area contributed by atoms with E-state index in [2.05, 4.69) is 5.32 Å². The van der Waals surface area contributed by atoms with E-state index in [0.29, 0.717) is 22.5 Å². The van der Waals surface area contributed by atoms with Crippen LogP contribution in [0.1, 0.15) is 22.8 Å². The summed E-state index contributed by atoms with van der Waals surface area (Å²) in [5, 5.41) is 11.6. The maximum atomic E-state index is 12.2. The Morgan fingerprint density at radius 3 is 2.68 bits per heavy atom. The number of hydrogen-bond acceptors (Lipinski definition) is 6. The molecular formula is C18H17N3O3S. The van der Waals surface area contributed by atoms with Gasteiger partial charge >= 0.3 is 5.97 Å². The molecule has 0 fully saturated rings. The molecule has 25 heavy (non-hydrogen) atoms. The van der Waals surface area contributed by atoms with Crippen LogP contribution in [0.15, 0.2) is 47.4 Å². The highest BCUT2D eigenvalue weighted by molar-refractivity contribution is 7.98. The number of thioether (sulfide) groups is 1. The lowest BCUT2D eigenvalue weighted by Gasteiger charge is -2.14. The number of anilines is 2. The maximum Gasteiger partial charge on any atom is 0.338 e. The van der Waals surface area contributed by atoms with Crippen LogP contribution in [0.2, 0.25) is 0 Å². The van der Waals surface area contributed by atoms with Crippen molar-refractivity contribution in [1.82, 2.24) is 0 Å². The molecule has 1 unspecified atom stereocenters. The second kappa shape index (κ2) is 8.22. The quantitative estimate of drug-likeness (QED) is 0.485. The molecule has 0 saturated carbocycles. The molecule has 0 radical (unpaired) electrons. The Bertz CT molecular complexity index is 846. The van der Waals surface area contributed by atoms with Gasteiger partial charge in [0.25, 0.3) is 5.91 Å². The summed E-state index contributed by atoms with van der Waals surface area (Å²) in [5.41, 5.74) is 7.39. The summed E-state index contributed by atoms with van der Waals surface area (Å²) < 4.78 is 5.20. The Morgan fingerprint density at radius 1 is 1.28 bits per heavy atom. The molecule has 2 rings (SSSR count). The molecule has 0 spiro atoms. The van der Waals surface area contributed by atoms with Gasteiger partial charge < -0.3 is 15.8 Å². The Balaban J connectivity index is 2.06. The third-order valence-corrected chi connectivity index (χ3v) is 4.22. The Kier molecular flexibility index (Phi) is 6.03. The topological polar surface area (TPSA) is 105 Å². The van der Waals surface area contributed by atoms with Crippen LogP contribution >= 0.6 is 11.8 Å². The van der Waals surface area contributed by atoms with E-state index in [9.17, 15) is 9.59 Å². The standard InChI is InChI=1S/C18H17N3O3S/c1-11(17(22)21-15-6-4-3-5-13(15)10-19)24-18(23)12-7-8-14(20)16(9-12)25-2/h3-9,11H,20H2,1-2H3,(H,21,22). The summed E-state index contributed by atoms with van der Waals surface area (Å²) in [6.07, 6.45) is 0.832. The lowest BCUT2D eigenvalue weighted by Crippen LogP contribution is -2.30. The molecule has 1 amide bonds. The van der Waals surface area contributed by atoms with E-state index < -0.39 is 18.0 Å². The number of para-hydroxylation sites is 1. The number of hydrogen-bond donors (Lipinski definition) is 2. The number of benzene rings is 2. The first-order valence-corrected chi connectivity index (χ1v) is 8.63. The van der Waals surface area contributed by atoms with E-state index in [1.807, 2.05) is 12.3 Å². The van der Waals surface area contributed by atoms with Crippen molar-refractivity contribution in [2.24, 2.45) is 0 Å². The third-order valence-electron chi connectivity index (χ3n) is 3.43. The van der Waals surface area contributed by atoms with Crippen molar-refractivity contribution in [2.45, 2.75) is 17.9 Å². The summed E-state index contributed by atoms with van der Waals surface area (Å²) in [7, 11) is 0. The number of rotatable bonds is 5. The fourth-order valence-corrected chi connectivity index (χ4v) is 2.59. The van der Waals surface area contributed by atoms with Crippen LogP contribution in [0.5, 0.6) is 0 Å². The summed E-state index contributed by atoms with van der Waals surface area (Å²) in [6, 6.07) is 13.4. The van der Waals surface area contributed by atoms with Crippen LogP contribution in [-0.4, -0.2) is 24.2 Å². The molecule has 7 heteroatoms. The molecule has 2 aromatic carbocycles. The van der Waals surface area contributed by atoms with Gasteiger partial charge in [-0.3, -0.25) is 4.79 Å². The lowest BCUT2D eigenvalue weighted by molar-refractivity contribution is -0.123. The maximum absolute atomic E-state index is 12.2. The molecule has 0 aliphatic heterocycles. The van der Waals surface area contributed by atoms with Crippen LogP contribution in [0.25, 0.3) is 0 Å². The van der Waals surface area contributed by atoms with Crippen LogP contribution in [-0.2, 0) is 9.53 Å². The number of nitrogens with two attached hydrogens (primary N) is 1. The van der Waals surface area contributed by atoms with Gasteiger partial charge in [0.15, 0.2) is 6.10 Å². The number of esters is 1. The van der Waals surface area contributed by atoms with Crippen LogP contribution < -0.4 is 11.1 Å². The highest BCUT2D eigenvalue weighted by Gasteiger charge is 2.20. The van der Waals surface area contributed by atoms with E-state index >= 15 is 0 Å². The molecule has 0 aliphatic carbocycles. The minimum atomic E-state index is -1.02. The van der Waals surface area contributed by atoms with Crippen molar-refractivity contribution in [3.05, 3.63) is 53.6 Å². The van der Waals surface area contributed by atoms with Crippen LogP contribution in [0.4, 0.5) is 11.4 Å². The number of nitriles is 1. The van der Waals surface area contributed by atoms with Crippen molar-refractivity contribution in [2.75, 3.05) is 17.3 Å². The van der Waals surface area contributed by atoms with Crippen LogP contribution in [0, 0.1) is 11.3 Å². The first-order valence-electron chi connectivity index (χ1n) is 7.40. The SMILES string of the molecule is CSc1cc(C(=O)OC(C)C(=O)Nc2ccccc2C#N)ccc1N. The average Bonchev–Trinajstić information content (AvgIpc) is 2.62. The molecule has 0 bridgehead atoms. The Hall–Kier alpha value is -2.98. The first kappa shape index (κ1) is 18.4. The number of nitrogens with one attached hydrogen (secondary N) is 1. The molecule has 6 nitrogen and oxygen atoms in total. The van der Waals surface area contributed by atoms with E-state index in [1.165, 1.54) is 18.7 Å². The van der Waals surface area contributed by atoms with Crippen molar-refractivity contribution >= 4 is 35.0 Å². The number of nitrogens with zero attached hydrogens (tertiary/aromatic N) is 1. The van der Waals surface area contributed by atoms with Gasteiger partial charge in [-0.25, -0.2) is 4.79 Å². The van der Waals surface area contributed by atoms with Gasteiger partial charge in [-0.2, -0.15) is 5.26 Å². The summed E-state index contributed by atoms with van der Waals surface area (Å²) in [4.78, 5) is 25.2. The van der Waals surface area contributed by atoms with Crippen LogP contribution in [0.3, 0.4) is 0 Å². The number of amides is 1. The largest absolute Gasteiger partial charge is 0.449 e. The van der Waals surface area contributed by atoms with E-state index in [0.717, 1.165) is 4.90 Å². The zero-order chi connectivity index (χ0) is 18.4. The minimum absolute atomic E-state index is 0.315. The zero-order valence-electron chi connectivity index (χ0n) is 13.8. The van der Waals surface area contributed by atoms with Gasteiger partial charge in [0.2, 0.25) is 0 Å². The van der Waals surface area contributed by atoms with Gasteiger partial charge in [0, 0.05) is 10.6 Å². The predicted molar refractivity (Wildman–Crippen MR) is 97.3 cm³/mol. The molecule has 0 aromatic heterocycles. The summed E-state index contributed by atoms with van der Waals surface area (Å²) in [5.74, 6) is -1.14. The predicted octanol–water partition coefficient (Wildman–Crippen LogP) is 3.05. The third kappa shape index (κ3) is 4.52. The van der Waals surface area contributed by atoms with Crippen molar-refractivity contribution in [3.63, 3.8) is 0 Å². The fourth-order valence-electron chi connectivity index (χ4n) is 2.04. The van der Waals surface area contributed by atoms with E-state index in [4.69, 9.17) is 15.7 Å². The zero-order valence-corrected chi connectivity index (χ0v) is 14.6. The van der Waals surface area contributed by atoms with Gasteiger partial charge in [-0.15, -0.1) is 11.8 Å². The van der Waals surface area contributed by atoms with Gasteiger partial charge in [-0.05, 0) is 43.5 Å². The monoisotopic (exact) mass is 355 g/mol. The van der Waals surface area contributed by atoms with Crippen molar-refractivity contribution in [1.29, 1.82) is 5.26 Å². The Morgan fingerprint density at radius 2 is 2.00 bits per heavy atom. The molecule has 2 aromatic rings. The number of carbonyl (C=O) groups excluding carboxylic acids is 2. The molecular weight excluding hydrogens is 338 g/mol. The lowest BCUT2D eigenvalue weighted by atomic mass is 10.2. The number of carbonyl (C=O) groups is 2. The molecule has 0 aliphatic rings.